The highest BCUT2D eigenvalue weighted by Gasteiger charge is 2.46. The summed E-state index contributed by atoms with van der Waals surface area (Å²) in [5.41, 5.74) is 9.23. The molecule has 3 aliphatic carbocycles. The van der Waals surface area contributed by atoms with Crippen LogP contribution in [0.1, 0.15) is 68.5 Å². The second-order valence-electron chi connectivity index (χ2n) is 13.4. The molecule has 4 heterocycles. The van der Waals surface area contributed by atoms with Crippen molar-refractivity contribution in [1.29, 1.82) is 0 Å². The van der Waals surface area contributed by atoms with Gasteiger partial charge in [-0.05, 0) is 122 Å². The van der Waals surface area contributed by atoms with E-state index in [2.05, 4.69) is 16.3 Å². The zero-order valence-corrected chi connectivity index (χ0v) is 25.9. The van der Waals surface area contributed by atoms with Crippen molar-refractivity contribution in [2.45, 2.75) is 69.3 Å². The molecule has 0 amide bonds. The zero-order valence-electron chi connectivity index (χ0n) is 25.2. The number of aromatic nitrogens is 5. The summed E-state index contributed by atoms with van der Waals surface area (Å²) < 4.78 is 29.6. The van der Waals surface area contributed by atoms with Crippen LogP contribution in [0.3, 0.4) is 0 Å². The van der Waals surface area contributed by atoms with Gasteiger partial charge >= 0.3 is 0 Å². The number of hydrogen-bond donors (Lipinski definition) is 0. The molecule has 228 valence electrons. The van der Waals surface area contributed by atoms with Crippen LogP contribution in [0.4, 0.5) is 4.39 Å². The van der Waals surface area contributed by atoms with Gasteiger partial charge in [-0.2, -0.15) is 0 Å². The summed E-state index contributed by atoms with van der Waals surface area (Å²) >= 11 is 6.43. The second kappa shape index (κ2) is 10.3. The van der Waals surface area contributed by atoms with Crippen LogP contribution in [-0.2, 0) is 18.2 Å². The predicted molar refractivity (Wildman–Crippen MR) is 170 cm³/mol. The fourth-order valence-corrected chi connectivity index (χ4v) is 7.64. The molecule has 2 aromatic carbocycles. The number of aryl methyl sites for hydroxylation is 2. The van der Waals surface area contributed by atoms with Crippen molar-refractivity contribution >= 4 is 22.7 Å². The first-order valence-corrected chi connectivity index (χ1v) is 16.4. The van der Waals surface area contributed by atoms with Crippen LogP contribution in [0, 0.1) is 11.7 Å². The van der Waals surface area contributed by atoms with E-state index in [4.69, 9.17) is 30.7 Å². The largest absolute Gasteiger partial charge is 0.432 e. The van der Waals surface area contributed by atoms with Gasteiger partial charge in [0.2, 0.25) is 5.89 Å². The highest BCUT2D eigenvalue weighted by molar-refractivity contribution is 6.31. The summed E-state index contributed by atoms with van der Waals surface area (Å²) in [6.07, 6.45) is 11.5. The Kier molecular flexibility index (Phi) is 6.29. The smallest absolute Gasteiger partial charge is 0.246 e. The van der Waals surface area contributed by atoms with Gasteiger partial charge in [0, 0.05) is 29.2 Å². The Bertz CT molecular complexity index is 2020. The summed E-state index contributed by atoms with van der Waals surface area (Å²) in [7, 11) is 1.91. The monoisotopic (exact) mass is 621 g/mol. The number of rotatable bonds is 7. The molecule has 9 heteroatoms. The van der Waals surface area contributed by atoms with Gasteiger partial charge in [0.15, 0.2) is 17.2 Å². The van der Waals surface area contributed by atoms with E-state index in [1.807, 2.05) is 41.9 Å². The number of halogens is 2. The summed E-state index contributed by atoms with van der Waals surface area (Å²) in [5.74, 6) is 1.62. The molecule has 3 aromatic heterocycles. The van der Waals surface area contributed by atoms with Crippen molar-refractivity contribution in [2.75, 3.05) is 6.61 Å². The summed E-state index contributed by atoms with van der Waals surface area (Å²) in [4.78, 5) is 9.74. The van der Waals surface area contributed by atoms with Crippen molar-refractivity contribution in [3.05, 3.63) is 82.0 Å². The Morgan fingerprint density at radius 3 is 2.73 bits per heavy atom. The third-order valence-corrected chi connectivity index (χ3v) is 10.6. The van der Waals surface area contributed by atoms with Gasteiger partial charge < -0.3 is 13.7 Å². The van der Waals surface area contributed by atoms with Crippen LogP contribution in [0.2, 0.25) is 5.02 Å². The van der Waals surface area contributed by atoms with Crippen molar-refractivity contribution in [1.82, 2.24) is 24.7 Å². The highest BCUT2D eigenvalue weighted by Crippen LogP contribution is 2.52. The van der Waals surface area contributed by atoms with Crippen LogP contribution in [0.25, 0.3) is 45.2 Å². The molecule has 0 radical (unpaired) electrons. The number of pyridine rings is 1. The van der Waals surface area contributed by atoms with E-state index in [0.717, 1.165) is 73.1 Å². The summed E-state index contributed by atoms with van der Waals surface area (Å²) in [5, 5.41) is 9.02. The summed E-state index contributed by atoms with van der Waals surface area (Å²) in [6.45, 7) is 0.811. The van der Waals surface area contributed by atoms with Crippen LogP contribution in [0.15, 0.2) is 64.4 Å². The zero-order chi connectivity index (χ0) is 30.3. The molecule has 1 atom stereocenters. The Balaban J connectivity index is 1.03. The molecule has 0 bridgehead atoms. The predicted octanol–water partition coefficient (Wildman–Crippen LogP) is 8.61. The normalized spacial score (nSPS) is 20.4. The Hall–Kier alpha value is -3.88. The average Bonchev–Trinajstić information content (AvgIpc) is 3.63. The van der Waals surface area contributed by atoms with Gasteiger partial charge in [-0.25, -0.2) is 14.4 Å². The van der Waals surface area contributed by atoms with Crippen LogP contribution in [0.5, 0.6) is 0 Å². The Morgan fingerprint density at radius 2 is 1.96 bits per heavy atom. The third kappa shape index (κ3) is 4.81. The molecular formula is C36H33ClFN5O2. The van der Waals surface area contributed by atoms with Gasteiger partial charge in [-0.15, -0.1) is 10.2 Å². The Morgan fingerprint density at radius 1 is 1.07 bits per heavy atom. The molecule has 5 aromatic rings. The van der Waals surface area contributed by atoms with Crippen LogP contribution < -0.4 is 0 Å². The molecule has 45 heavy (non-hydrogen) atoms. The fourth-order valence-electron chi connectivity index (χ4n) is 7.46. The lowest BCUT2D eigenvalue weighted by atomic mass is 9.64. The number of ether oxygens (including phenoxy) is 1. The summed E-state index contributed by atoms with van der Waals surface area (Å²) in [6, 6.07) is 13.5. The number of oxazole rings is 1. The highest BCUT2D eigenvalue weighted by atomic mass is 35.5. The number of fused-ring (bicyclic) bond motifs is 1. The van der Waals surface area contributed by atoms with E-state index in [1.165, 1.54) is 24.8 Å². The molecule has 4 aliphatic rings. The van der Waals surface area contributed by atoms with Crippen molar-refractivity contribution in [2.24, 2.45) is 13.0 Å². The van der Waals surface area contributed by atoms with Crippen molar-refractivity contribution in [3.8, 4) is 34.1 Å². The lowest BCUT2D eigenvalue weighted by molar-refractivity contribution is -0.106. The minimum atomic E-state index is -0.380. The number of benzene rings is 2. The molecule has 1 spiro atoms. The minimum absolute atomic E-state index is 0.120. The lowest BCUT2D eigenvalue weighted by Crippen LogP contribution is -2.47. The average molecular weight is 622 g/mol. The van der Waals surface area contributed by atoms with Gasteiger partial charge in [0.25, 0.3) is 0 Å². The SMILES string of the molecule is Cn1cnnc1-c1cc(Cl)ccc1-c1cc(-c2nc3cc(CCC4CC5=C4CC4(CCC4)OC5)cc(F)c3o2)nc(C2CC2)c1. The van der Waals surface area contributed by atoms with E-state index < -0.39 is 0 Å². The van der Waals surface area contributed by atoms with E-state index in [0.29, 0.717) is 39.8 Å². The molecule has 2 fully saturated rings. The van der Waals surface area contributed by atoms with Crippen molar-refractivity contribution < 1.29 is 13.5 Å². The van der Waals surface area contributed by atoms with Gasteiger partial charge in [-0.3, -0.25) is 0 Å². The quantitative estimate of drug-likeness (QED) is 0.169. The maximum atomic E-state index is 15.5. The molecule has 2 saturated carbocycles. The Labute approximate surface area is 265 Å². The van der Waals surface area contributed by atoms with Crippen LogP contribution >= 0.6 is 11.6 Å². The first-order chi connectivity index (χ1) is 21.9. The first-order valence-electron chi connectivity index (χ1n) is 16.0. The third-order valence-electron chi connectivity index (χ3n) is 10.4. The molecule has 9 rings (SSSR count). The molecule has 0 saturated heterocycles. The van der Waals surface area contributed by atoms with E-state index in [9.17, 15) is 0 Å². The van der Waals surface area contributed by atoms with E-state index in [-0.39, 0.29) is 17.0 Å². The maximum absolute atomic E-state index is 15.5. The topological polar surface area (TPSA) is 78.9 Å². The van der Waals surface area contributed by atoms with Crippen LogP contribution in [-0.4, -0.2) is 36.9 Å². The molecule has 7 nitrogen and oxygen atoms in total. The fraction of sp³-hybridized carbons (Fsp3) is 0.389. The van der Waals surface area contributed by atoms with E-state index in [1.54, 1.807) is 18.0 Å². The standard InChI is InChI=1S/C36H33ClFN5O2/c1-43-19-39-42-34(43)27-16-25(37)7-8-26(27)23-14-30(21-5-6-21)40-32(15-23)35-41-31-12-20(11-29(38)33(31)45-35)3-4-22-13-24-18-44-36(9-2-10-36)17-28(22)24/h7-8,11-12,14-16,19,21-22H,2-6,9-10,13,17-18H2,1H3. The van der Waals surface area contributed by atoms with Gasteiger partial charge in [0.1, 0.15) is 17.5 Å². The molecule has 1 aliphatic heterocycles. The number of hydrogen-bond acceptors (Lipinski definition) is 6. The second-order valence-corrected chi connectivity index (χ2v) is 13.8. The number of nitrogens with zero attached hydrogens (tertiary/aromatic N) is 5. The van der Waals surface area contributed by atoms with E-state index >= 15 is 4.39 Å². The maximum Gasteiger partial charge on any atom is 0.246 e. The minimum Gasteiger partial charge on any atom is -0.432 e. The lowest BCUT2D eigenvalue weighted by Gasteiger charge is -2.51. The van der Waals surface area contributed by atoms with Gasteiger partial charge in [-0.1, -0.05) is 23.2 Å². The first kappa shape index (κ1) is 27.4. The molecular weight excluding hydrogens is 589 g/mol. The van der Waals surface area contributed by atoms with Crippen molar-refractivity contribution in [3.63, 3.8) is 0 Å². The van der Waals surface area contributed by atoms with Gasteiger partial charge in [0.05, 0.1) is 12.2 Å². The molecule has 1 unspecified atom stereocenters. The molecule has 0 N–H and O–H groups in total.